The second-order valence-electron chi connectivity index (χ2n) is 5.33. The summed E-state index contributed by atoms with van der Waals surface area (Å²) in [7, 11) is 0. The van der Waals surface area contributed by atoms with E-state index in [0.717, 1.165) is 24.2 Å². The predicted molar refractivity (Wildman–Crippen MR) is 71.3 cm³/mol. The molecular formula is C15H20N2O. The molecule has 1 atom stereocenters. The molecule has 1 fully saturated rings. The van der Waals surface area contributed by atoms with E-state index in [1.54, 1.807) is 0 Å². The van der Waals surface area contributed by atoms with E-state index in [1.165, 1.54) is 25.7 Å². The molecule has 3 heteroatoms. The summed E-state index contributed by atoms with van der Waals surface area (Å²) in [5.74, 6) is 0.386. The van der Waals surface area contributed by atoms with Crippen molar-refractivity contribution in [3.63, 3.8) is 0 Å². The average molecular weight is 244 g/mol. The molecule has 0 saturated heterocycles. The van der Waals surface area contributed by atoms with Crippen molar-refractivity contribution >= 4 is 5.65 Å². The Bertz CT molecular complexity index is 479. The average Bonchev–Trinajstić information content (AvgIpc) is 2.64. The van der Waals surface area contributed by atoms with Crippen LogP contribution in [0, 0.1) is 5.92 Å². The fourth-order valence-electron chi connectivity index (χ4n) is 2.96. The summed E-state index contributed by atoms with van der Waals surface area (Å²) < 4.78 is 1.98. The first kappa shape index (κ1) is 11.7. The molecule has 0 bridgehead atoms. The van der Waals surface area contributed by atoms with E-state index in [2.05, 4.69) is 4.98 Å². The molecule has 1 saturated carbocycles. The van der Waals surface area contributed by atoms with Gasteiger partial charge in [-0.25, -0.2) is 4.98 Å². The Morgan fingerprint density at radius 2 is 1.94 bits per heavy atom. The van der Waals surface area contributed by atoms with Crippen LogP contribution in [0.25, 0.3) is 5.65 Å². The molecule has 96 valence electrons. The lowest BCUT2D eigenvalue weighted by molar-refractivity contribution is 0.0953. The van der Waals surface area contributed by atoms with E-state index in [1.807, 2.05) is 35.0 Å². The summed E-state index contributed by atoms with van der Waals surface area (Å²) in [5.41, 5.74) is 1.74. The van der Waals surface area contributed by atoms with Gasteiger partial charge < -0.3 is 9.51 Å². The van der Waals surface area contributed by atoms with Crippen LogP contribution in [-0.2, 0) is 0 Å². The van der Waals surface area contributed by atoms with Crippen molar-refractivity contribution < 1.29 is 5.11 Å². The molecule has 0 aromatic carbocycles. The Hall–Kier alpha value is -1.35. The van der Waals surface area contributed by atoms with Gasteiger partial charge in [0.1, 0.15) is 11.8 Å². The number of aromatic nitrogens is 2. The molecule has 1 N–H and O–H groups in total. The molecule has 2 heterocycles. The molecule has 1 unspecified atom stereocenters. The minimum absolute atomic E-state index is 0.386. The van der Waals surface area contributed by atoms with Crippen molar-refractivity contribution in [3.8, 4) is 0 Å². The molecule has 1 aliphatic carbocycles. The fourth-order valence-corrected chi connectivity index (χ4v) is 2.96. The van der Waals surface area contributed by atoms with E-state index in [-0.39, 0.29) is 0 Å². The zero-order valence-corrected chi connectivity index (χ0v) is 10.6. The number of nitrogens with zero attached hydrogens (tertiary/aromatic N) is 2. The summed E-state index contributed by atoms with van der Waals surface area (Å²) in [4.78, 5) is 4.53. The van der Waals surface area contributed by atoms with Gasteiger partial charge in [-0.05, 0) is 30.9 Å². The first-order valence-corrected chi connectivity index (χ1v) is 6.96. The Balaban J connectivity index is 1.83. The van der Waals surface area contributed by atoms with E-state index >= 15 is 0 Å². The molecule has 3 rings (SSSR count). The van der Waals surface area contributed by atoms with Crippen molar-refractivity contribution in [3.05, 3.63) is 36.3 Å². The van der Waals surface area contributed by atoms with Crippen LogP contribution in [0.3, 0.4) is 0 Å². The van der Waals surface area contributed by atoms with Crippen molar-refractivity contribution in [2.75, 3.05) is 0 Å². The summed E-state index contributed by atoms with van der Waals surface area (Å²) in [6, 6.07) is 5.93. The second-order valence-corrected chi connectivity index (χ2v) is 5.33. The highest BCUT2D eigenvalue weighted by molar-refractivity contribution is 5.39. The minimum Gasteiger partial charge on any atom is -0.386 e. The Kier molecular flexibility index (Phi) is 3.33. The van der Waals surface area contributed by atoms with Crippen LogP contribution in [0.5, 0.6) is 0 Å². The molecule has 2 aromatic heterocycles. The molecule has 18 heavy (non-hydrogen) atoms. The quantitative estimate of drug-likeness (QED) is 0.823. The van der Waals surface area contributed by atoms with Gasteiger partial charge in [0.25, 0.3) is 0 Å². The number of aliphatic hydroxyl groups is 1. The maximum absolute atomic E-state index is 10.5. The van der Waals surface area contributed by atoms with Crippen molar-refractivity contribution in [1.29, 1.82) is 0 Å². The standard InChI is InChI=1S/C15H20N2O/c18-15(12-7-3-1-2-4-8-12)13-11-17-10-6-5-9-14(17)16-13/h5-6,9-12,15,18H,1-4,7-8H2. The Morgan fingerprint density at radius 1 is 1.17 bits per heavy atom. The van der Waals surface area contributed by atoms with Gasteiger partial charge in [-0.3, -0.25) is 0 Å². The van der Waals surface area contributed by atoms with Crippen molar-refractivity contribution in [2.45, 2.75) is 44.6 Å². The summed E-state index contributed by atoms with van der Waals surface area (Å²) in [6.45, 7) is 0. The van der Waals surface area contributed by atoms with Crippen molar-refractivity contribution in [2.24, 2.45) is 5.92 Å². The van der Waals surface area contributed by atoms with Gasteiger partial charge in [-0.2, -0.15) is 0 Å². The number of rotatable bonds is 2. The third-order valence-electron chi connectivity index (χ3n) is 4.03. The van der Waals surface area contributed by atoms with Crippen LogP contribution in [-0.4, -0.2) is 14.5 Å². The number of fused-ring (bicyclic) bond motifs is 1. The van der Waals surface area contributed by atoms with Gasteiger partial charge >= 0.3 is 0 Å². The smallest absolute Gasteiger partial charge is 0.137 e. The molecule has 3 nitrogen and oxygen atoms in total. The van der Waals surface area contributed by atoms with E-state index in [4.69, 9.17) is 0 Å². The normalized spacial score (nSPS) is 19.8. The maximum Gasteiger partial charge on any atom is 0.137 e. The van der Waals surface area contributed by atoms with E-state index < -0.39 is 6.10 Å². The van der Waals surface area contributed by atoms with Gasteiger partial charge in [0.15, 0.2) is 0 Å². The maximum atomic E-state index is 10.5. The lowest BCUT2D eigenvalue weighted by Gasteiger charge is -2.19. The van der Waals surface area contributed by atoms with Gasteiger partial charge in [-0.15, -0.1) is 0 Å². The number of hydrogen-bond acceptors (Lipinski definition) is 2. The van der Waals surface area contributed by atoms with Gasteiger partial charge in [0, 0.05) is 12.4 Å². The van der Waals surface area contributed by atoms with Gasteiger partial charge in [0.2, 0.25) is 0 Å². The van der Waals surface area contributed by atoms with Crippen LogP contribution in [0.4, 0.5) is 0 Å². The largest absolute Gasteiger partial charge is 0.386 e. The molecule has 0 spiro atoms. The zero-order valence-electron chi connectivity index (χ0n) is 10.6. The number of aliphatic hydroxyl groups excluding tert-OH is 1. The predicted octanol–water partition coefficient (Wildman–Crippen LogP) is 3.34. The molecule has 1 aliphatic rings. The SMILES string of the molecule is OC(c1cn2ccccc2n1)C1CCCCCC1. The number of hydrogen-bond donors (Lipinski definition) is 1. The highest BCUT2D eigenvalue weighted by Gasteiger charge is 2.24. The second kappa shape index (κ2) is 5.11. The fraction of sp³-hybridized carbons (Fsp3) is 0.533. The molecule has 0 aliphatic heterocycles. The number of pyridine rings is 1. The van der Waals surface area contributed by atoms with Crippen LogP contribution < -0.4 is 0 Å². The Morgan fingerprint density at radius 3 is 2.67 bits per heavy atom. The third-order valence-corrected chi connectivity index (χ3v) is 4.03. The lowest BCUT2D eigenvalue weighted by Crippen LogP contribution is -2.12. The minimum atomic E-state index is -0.400. The highest BCUT2D eigenvalue weighted by atomic mass is 16.3. The zero-order chi connectivity index (χ0) is 12.4. The first-order valence-electron chi connectivity index (χ1n) is 6.96. The molecule has 0 radical (unpaired) electrons. The first-order chi connectivity index (χ1) is 8.84. The lowest BCUT2D eigenvalue weighted by atomic mass is 9.92. The molecule has 0 amide bonds. The summed E-state index contributed by atoms with van der Waals surface area (Å²) >= 11 is 0. The summed E-state index contributed by atoms with van der Waals surface area (Å²) in [5, 5.41) is 10.5. The summed E-state index contributed by atoms with van der Waals surface area (Å²) in [6.07, 6.45) is 10.9. The topological polar surface area (TPSA) is 37.5 Å². The van der Waals surface area contributed by atoms with Crippen LogP contribution in [0.15, 0.2) is 30.6 Å². The molecular weight excluding hydrogens is 224 g/mol. The third kappa shape index (κ3) is 2.27. The van der Waals surface area contributed by atoms with Gasteiger partial charge in [0.05, 0.1) is 5.69 Å². The van der Waals surface area contributed by atoms with E-state index in [0.29, 0.717) is 5.92 Å². The van der Waals surface area contributed by atoms with Crippen LogP contribution >= 0.6 is 0 Å². The van der Waals surface area contributed by atoms with Crippen molar-refractivity contribution in [1.82, 2.24) is 9.38 Å². The van der Waals surface area contributed by atoms with Gasteiger partial charge in [-0.1, -0.05) is 31.7 Å². The van der Waals surface area contributed by atoms with E-state index in [9.17, 15) is 5.11 Å². The molecule has 2 aromatic rings. The monoisotopic (exact) mass is 244 g/mol. The number of imidazole rings is 1. The highest BCUT2D eigenvalue weighted by Crippen LogP contribution is 2.33. The van der Waals surface area contributed by atoms with Crippen LogP contribution in [0.1, 0.15) is 50.3 Å². The Labute approximate surface area is 107 Å². The van der Waals surface area contributed by atoms with Crippen LogP contribution in [0.2, 0.25) is 0 Å².